The van der Waals surface area contributed by atoms with Gasteiger partial charge in [0.25, 0.3) is 0 Å². The van der Waals surface area contributed by atoms with E-state index in [-0.39, 0.29) is 0 Å². The van der Waals surface area contributed by atoms with E-state index in [1.54, 1.807) is 0 Å². The molecule has 0 bridgehead atoms. The molecule has 0 rings (SSSR count). The largest absolute Gasteiger partial charge is 0.303 e. The summed E-state index contributed by atoms with van der Waals surface area (Å²) in [6, 6.07) is 0.553. The lowest BCUT2D eigenvalue weighted by Gasteiger charge is -2.12. The molecule has 1 nitrogen and oxygen atoms in total. The zero-order chi connectivity index (χ0) is 6.57. The average Bonchev–Trinajstić information content (AvgIpc) is 1.65. The van der Waals surface area contributed by atoms with Gasteiger partial charge in [-0.2, -0.15) is 12.6 Å². The Bertz CT molecular complexity index is 54.5. The Morgan fingerprint density at radius 2 is 2.00 bits per heavy atom. The highest BCUT2D eigenvalue weighted by molar-refractivity contribution is 7.80. The fourth-order valence-electron chi connectivity index (χ4n) is 0.503. The van der Waals surface area contributed by atoms with E-state index in [9.17, 15) is 0 Å². The fraction of sp³-hybridized carbons (Fsp3) is 1.00. The van der Waals surface area contributed by atoms with Crippen LogP contribution < -0.4 is 5.32 Å². The second-order valence-corrected chi connectivity index (χ2v) is 2.87. The SMILES string of the molecule is CCC(S)NC(C)C. The van der Waals surface area contributed by atoms with Crippen molar-refractivity contribution >= 4 is 12.6 Å². The van der Waals surface area contributed by atoms with Gasteiger partial charge in [-0.25, -0.2) is 0 Å². The molecule has 0 aromatic rings. The molecule has 0 saturated carbocycles. The third kappa shape index (κ3) is 4.47. The summed E-state index contributed by atoms with van der Waals surface area (Å²) in [5.41, 5.74) is 0. The van der Waals surface area contributed by atoms with E-state index >= 15 is 0 Å². The van der Waals surface area contributed by atoms with Gasteiger partial charge in [-0.05, 0) is 20.3 Å². The van der Waals surface area contributed by atoms with Crippen molar-refractivity contribution in [1.29, 1.82) is 0 Å². The van der Waals surface area contributed by atoms with Crippen LogP contribution in [0.15, 0.2) is 0 Å². The summed E-state index contributed by atoms with van der Waals surface area (Å²) in [6.07, 6.45) is 1.08. The van der Waals surface area contributed by atoms with Crippen LogP contribution in [0.5, 0.6) is 0 Å². The third-order valence-electron chi connectivity index (χ3n) is 0.912. The molecule has 0 aliphatic carbocycles. The Balaban J connectivity index is 3.10. The van der Waals surface area contributed by atoms with Gasteiger partial charge in [-0.1, -0.05) is 6.92 Å². The first-order valence-electron chi connectivity index (χ1n) is 3.11. The highest BCUT2D eigenvalue weighted by atomic mass is 32.1. The van der Waals surface area contributed by atoms with Gasteiger partial charge in [0.1, 0.15) is 0 Å². The maximum absolute atomic E-state index is 4.26. The van der Waals surface area contributed by atoms with E-state index in [1.165, 1.54) is 0 Å². The van der Waals surface area contributed by atoms with Crippen LogP contribution in [-0.2, 0) is 0 Å². The molecule has 0 amide bonds. The van der Waals surface area contributed by atoms with Crippen molar-refractivity contribution in [2.75, 3.05) is 0 Å². The predicted octanol–water partition coefficient (Wildman–Crippen LogP) is 1.65. The molecule has 0 saturated heterocycles. The van der Waals surface area contributed by atoms with Crippen LogP contribution in [0.3, 0.4) is 0 Å². The molecule has 0 aromatic heterocycles. The first-order valence-corrected chi connectivity index (χ1v) is 3.62. The van der Waals surface area contributed by atoms with Gasteiger partial charge in [0.15, 0.2) is 0 Å². The molecule has 8 heavy (non-hydrogen) atoms. The fourth-order valence-corrected chi connectivity index (χ4v) is 0.801. The van der Waals surface area contributed by atoms with E-state index in [0.717, 1.165) is 6.42 Å². The van der Waals surface area contributed by atoms with Crippen LogP contribution in [0.1, 0.15) is 27.2 Å². The summed E-state index contributed by atoms with van der Waals surface area (Å²) in [6.45, 7) is 6.37. The average molecular weight is 133 g/mol. The molecule has 1 unspecified atom stereocenters. The first-order chi connectivity index (χ1) is 3.66. The molecule has 0 aliphatic heterocycles. The Morgan fingerprint density at radius 1 is 1.50 bits per heavy atom. The number of hydrogen-bond acceptors (Lipinski definition) is 2. The maximum atomic E-state index is 4.26. The van der Waals surface area contributed by atoms with Crippen LogP contribution in [0.2, 0.25) is 0 Å². The minimum absolute atomic E-state index is 0.370. The van der Waals surface area contributed by atoms with Gasteiger partial charge in [-0.15, -0.1) is 0 Å². The summed E-state index contributed by atoms with van der Waals surface area (Å²) >= 11 is 4.26. The lowest BCUT2D eigenvalue weighted by Crippen LogP contribution is -2.29. The van der Waals surface area contributed by atoms with Crippen molar-refractivity contribution in [2.24, 2.45) is 0 Å². The Labute approximate surface area is 57.3 Å². The van der Waals surface area contributed by atoms with E-state index < -0.39 is 0 Å². The molecule has 50 valence electrons. The summed E-state index contributed by atoms with van der Waals surface area (Å²) in [5, 5.41) is 3.63. The number of hydrogen-bond donors (Lipinski definition) is 2. The van der Waals surface area contributed by atoms with Crippen LogP contribution in [-0.4, -0.2) is 11.4 Å². The molecule has 0 spiro atoms. The maximum Gasteiger partial charge on any atom is 0.0501 e. The van der Waals surface area contributed by atoms with Crippen molar-refractivity contribution < 1.29 is 0 Å². The van der Waals surface area contributed by atoms with Gasteiger partial charge in [0.2, 0.25) is 0 Å². The number of thiol groups is 1. The minimum Gasteiger partial charge on any atom is -0.303 e. The molecule has 0 radical (unpaired) electrons. The zero-order valence-electron chi connectivity index (χ0n) is 5.81. The molecular formula is C6H15NS. The predicted molar refractivity (Wildman–Crippen MR) is 41.3 cm³/mol. The van der Waals surface area contributed by atoms with Crippen molar-refractivity contribution in [3.8, 4) is 0 Å². The Kier molecular flexibility index (Phi) is 4.38. The number of rotatable bonds is 3. The third-order valence-corrected chi connectivity index (χ3v) is 1.43. The monoisotopic (exact) mass is 133 g/mol. The highest BCUT2D eigenvalue weighted by Crippen LogP contribution is 1.95. The molecular weight excluding hydrogens is 118 g/mol. The molecule has 0 heterocycles. The Hall–Kier alpha value is 0.310. The van der Waals surface area contributed by atoms with Crippen molar-refractivity contribution in [3.05, 3.63) is 0 Å². The smallest absolute Gasteiger partial charge is 0.0501 e. The minimum atomic E-state index is 0.370. The summed E-state index contributed by atoms with van der Waals surface area (Å²) in [7, 11) is 0. The van der Waals surface area contributed by atoms with Gasteiger partial charge in [0, 0.05) is 6.04 Å². The first kappa shape index (κ1) is 8.31. The lowest BCUT2D eigenvalue weighted by molar-refractivity contribution is 0.556. The summed E-state index contributed by atoms with van der Waals surface area (Å²) in [5.74, 6) is 0. The van der Waals surface area contributed by atoms with Crippen LogP contribution in [0.25, 0.3) is 0 Å². The van der Waals surface area contributed by atoms with E-state index in [4.69, 9.17) is 0 Å². The standard InChI is InChI=1S/C6H15NS/c1-4-6(8)7-5(2)3/h5-8H,4H2,1-3H3. The number of nitrogens with one attached hydrogen (secondary N) is 1. The van der Waals surface area contributed by atoms with Crippen LogP contribution in [0.4, 0.5) is 0 Å². The van der Waals surface area contributed by atoms with Crippen LogP contribution in [0, 0.1) is 0 Å². The van der Waals surface area contributed by atoms with Crippen molar-refractivity contribution in [1.82, 2.24) is 5.32 Å². The molecule has 0 aromatic carbocycles. The molecule has 0 aliphatic rings. The second kappa shape index (κ2) is 4.21. The van der Waals surface area contributed by atoms with Crippen molar-refractivity contribution in [3.63, 3.8) is 0 Å². The second-order valence-electron chi connectivity index (χ2n) is 2.25. The zero-order valence-corrected chi connectivity index (χ0v) is 6.70. The van der Waals surface area contributed by atoms with Gasteiger partial charge in [0.05, 0.1) is 5.37 Å². The summed E-state index contributed by atoms with van der Waals surface area (Å²) < 4.78 is 0. The topological polar surface area (TPSA) is 12.0 Å². The van der Waals surface area contributed by atoms with Crippen LogP contribution >= 0.6 is 12.6 Å². The lowest BCUT2D eigenvalue weighted by atomic mass is 10.3. The van der Waals surface area contributed by atoms with E-state index in [1.807, 2.05) is 0 Å². The molecule has 0 fully saturated rings. The highest BCUT2D eigenvalue weighted by Gasteiger charge is 1.98. The van der Waals surface area contributed by atoms with E-state index in [0.29, 0.717) is 11.4 Å². The van der Waals surface area contributed by atoms with E-state index in [2.05, 4.69) is 38.7 Å². The van der Waals surface area contributed by atoms with Crippen molar-refractivity contribution in [2.45, 2.75) is 38.6 Å². The molecule has 1 atom stereocenters. The molecule has 2 heteroatoms. The van der Waals surface area contributed by atoms with Gasteiger partial charge in [-0.3, -0.25) is 0 Å². The molecule has 1 N–H and O–H groups in total. The summed E-state index contributed by atoms with van der Waals surface area (Å²) in [4.78, 5) is 0. The van der Waals surface area contributed by atoms with Gasteiger partial charge >= 0.3 is 0 Å². The quantitative estimate of drug-likeness (QED) is 0.440. The normalized spacial score (nSPS) is 14.6. The Morgan fingerprint density at radius 3 is 2.12 bits per heavy atom. The van der Waals surface area contributed by atoms with Gasteiger partial charge < -0.3 is 5.32 Å².